The van der Waals surface area contributed by atoms with E-state index in [0.29, 0.717) is 60.2 Å². The van der Waals surface area contributed by atoms with Crippen LogP contribution in [0.5, 0.6) is 11.5 Å². The summed E-state index contributed by atoms with van der Waals surface area (Å²) in [5.74, 6) is 2.21. The van der Waals surface area contributed by atoms with Gasteiger partial charge in [-0.3, -0.25) is 0 Å². The van der Waals surface area contributed by atoms with Gasteiger partial charge in [0.25, 0.3) is 0 Å². The van der Waals surface area contributed by atoms with E-state index in [1.165, 1.54) is 12.1 Å². The van der Waals surface area contributed by atoms with Crippen LogP contribution in [0.3, 0.4) is 0 Å². The number of sulfone groups is 1. The quantitative estimate of drug-likeness (QED) is 0.506. The van der Waals surface area contributed by atoms with Crippen molar-refractivity contribution in [2.24, 2.45) is 11.8 Å². The second-order valence-electron chi connectivity index (χ2n) is 8.80. The van der Waals surface area contributed by atoms with Gasteiger partial charge in [-0.1, -0.05) is 31.5 Å². The molecule has 0 saturated carbocycles. The third-order valence-electron chi connectivity index (χ3n) is 5.89. The Labute approximate surface area is 198 Å². The molecule has 7 nitrogen and oxygen atoms in total. The maximum absolute atomic E-state index is 13.8. The number of aromatic nitrogens is 1. The maximum atomic E-state index is 13.8. The van der Waals surface area contributed by atoms with Crippen LogP contribution in [0.2, 0.25) is 5.02 Å². The van der Waals surface area contributed by atoms with Gasteiger partial charge in [0.2, 0.25) is 26.6 Å². The van der Waals surface area contributed by atoms with Crippen LogP contribution in [-0.2, 0) is 9.84 Å². The van der Waals surface area contributed by atoms with Crippen LogP contribution in [0.15, 0.2) is 56.8 Å². The minimum absolute atomic E-state index is 0.0806. The lowest BCUT2D eigenvalue weighted by molar-refractivity contribution is 0.171. The van der Waals surface area contributed by atoms with Gasteiger partial charge in [-0.05, 0) is 48.6 Å². The summed E-state index contributed by atoms with van der Waals surface area (Å²) in [6.07, 6.45) is 1.08. The highest BCUT2D eigenvalue weighted by Gasteiger charge is 2.35. The van der Waals surface area contributed by atoms with Crippen LogP contribution >= 0.6 is 11.6 Å². The Morgan fingerprint density at radius 1 is 1.00 bits per heavy atom. The molecule has 33 heavy (non-hydrogen) atoms. The first kappa shape index (κ1) is 22.1. The lowest BCUT2D eigenvalue weighted by atomic mass is 9.92. The fourth-order valence-corrected chi connectivity index (χ4v) is 6.08. The van der Waals surface area contributed by atoms with E-state index >= 15 is 0 Å². The van der Waals surface area contributed by atoms with Gasteiger partial charge in [0.1, 0.15) is 13.2 Å². The van der Waals surface area contributed by atoms with Crippen molar-refractivity contribution in [2.45, 2.75) is 30.2 Å². The van der Waals surface area contributed by atoms with Gasteiger partial charge in [0.15, 0.2) is 11.5 Å². The zero-order valence-corrected chi connectivity index (χ0v) is 20.0. The summed E-state index contributed by atoms with van der Waals surface area (Å²) in [6.45, 7) is 6.50. The van der Waals surface area contributed by atoms with Crippen molar-refractivity contribution in [1.82, 2.24) is 4.98 Å². The highest BCUT2D eigenvalue weighted by Crippen LogP contribution is 2.40. The summed E-state index contributed by atoms with van der Waals surface area (Å²) < 4.78 is 44.8. The Hall–Kier alpha value is -2.71. The van der Waals surface area contributed by atoms with E-state index in [9.17, 15) is 8.42 Å². The summed E-state index contributed by atoms with van der Waals surface area (Å²) in [6, 6.07) is 11.6. The largest absolute Gasteiger partial charge is 0.486 e. The molecule has 3 heterocycles. The standard InChI is InChI=1S/C24H25ClN2O5S/c1-15-10-16(2)14-27(13-15)24-23(26-22(32-24)17-4-3-5-18(25)11-17)33(28,29)19-6-7-20-21(12-19)31-9-8-30-20/h3-7,11-12,15-16H,8-10,13-14H2,1-2H3. The molecule has 2 unspecified atom stereocenters. The summed E-state index contributed by atoms with van der Waals surface area (Å²) in [7, 11) is -4.00. The zero-order valence-electron chi connectivity index (χ0n) is 18.5. The first-order chi connectivity index (χ1) is 15.8. The van der Waals surface area contributed by atoms with Crippen molar-refractivity contribution in [3.8, 4) is 23.0 Å². The SMILES string of the molecule is CC1CC(C)CN(c2oc(-c3cccc(Cl)c3)nc2S(=O)(=O)c2ccc3c(c2)OCCO3)C1. The van der Waals surface area contributed by atoms with E-state index in [1.807, 2.05) is 4.90 Å². The Morgan fingerprint density at radius 2 is 1.73 bits per heavy atom. The van der Waals surface area contributed by atoms with Crippen LogP contribution in [-0.4, -0.2) is 39.7 Å². The lowest BCUT2D eigenvalue weighted by Gasteiger charge is -2.34. The summed E-state index contributed by atoms with van der Waals surface area (Å²) in [4.78, 5) is 6.55. The van der Waals surface area contributed by atoms with Crippen molar-refractivity contribution in [3.05, 3.63) is 47.5 Å². The fourth-order valence-electron chi connectivity index (χ4n) is 4.55. The van der Waals surface area contributed by atoms with Gasteiger partial charge in [-0.25, -0.2) is 8.42 Å². The van der Waals surface area contributed by atoms with E-state index < -0.39 is 9.84 Å². The van der Waals surface area contributed by atoms with Crippen molar-refractivity contribution in [2.75, 3.05) is 31.2 Å². The second-order valence-corrected chi connectivity index (χ2v) is 11.1. The Balaban J connectivity index is 1.63. The van der Waals surface area contributed by atoms with E-state index in [-0.39, 0.29) is 21.7 Å². The second kappa shape index (κ2) is 8.57. The molecule has 0 radical (unpaired) electrons. The van der Waals surface area contributed by atoms with Crippen molar-refractivity contribution in [3.63, 3.8) is 0 Å². The van der Waals surface area contributed by atoms with Crippen molar-refractivity contribution in [1.29, 1.82) is 0 Å². The van der Waals surface area contributed by atoms with Crippen LogP contribution < -0.4 is 14.4 Å². The average molecular weight is 489 g/mol. The van der Waals surface area contributed by atoms with Crippen LogP contribution in [0.1, 0.15) is 20.3 Å². The fraction of sp³-hybridized carbons (Fsp3) is 0.375. The molecule has 2 aliphatic heterocycles. The predicted molar refractivity (Wildman–Crippen MR) is 125 cm³/mol. The molecule has 2 aliphatic rings. The van der Waals surface area contributed by atoms with E-state index in [2.05, 4.69) is 18.8 Å². The Morgan fingerprint density at radius 3 is 2.45 bits per heavy atom. The molecule has 0 amide bonds. The molecule has 174 valence electrons. The average Bonchev–Trinajstić information content (AvgIpc) is 3.25. The van der Waals surface area contributed by atoms with Crippen LogP contribution in [0.4, 0.5) is 5.88 Å². The monoisotopic (exact) mass is 488 g/mol. The van der Waals surface area contributed by atoms with Gasteiger partial charge in [0, 0.05) is 29.7 Å². The molecule has 9 heteroatoms. The maximum Gasteiger partial charge on any atom is 0.236 e. The van der Waals surface area contributed by atoms with Gasteiger partial charge in [-0.15, -0.1) is 0 Å². The molecular formula is C24H25ClN2O5S. The van der Waals surface area contributed by atoms with Crippen molar-refractivity contribution < 1.29 is 22.3 Å². The molecule has 0 aliphatic carbocycles. The number of hydrogen-bond donors (Lipinski definition) is 0. The van der Waals surface area contributed by atoms with Crippen LogP contribution in [0.25, 0.3) is 11.5 Å². The van der Waals surface area contributed by atoms with Gasteiger partial charge >= 0.3 is 0 Å². The number of piperidine rings is 1. The van der Waals surface area contributed by atoms with Crippen LogP contribution in [0, 0.1) is 11.8 Å². The number of nitrogens with zero attached hydrogens (tertiary/aromatic N) is 2. The number of ether oxygens (including phenoxy) is 2. The van der Waals surface area contributed by atoms with Gasteiger partial charge < -0.3 is 18.8 Å². The first-order valence-electron chi connectivity index (χ1n) is 11.0. The number of rotatable bonds is 4. The molecule has 1 fully saturated rings. The van der Waals surface area contributed by atoms with E-state index in [4.69, 9.17) is 25.5 Å². The number of benzene rings is 2. The summed E-state index contributed by atoms with van der Waals surface area (Å²) in [5.41, 5.74) is 0.616. The topological polar surface area (TPSA) is 81.9 Å². The molecule has 0 spiro atoms. The lowest BCUT2D eigenvalue weighted by Crippen LogP contribution is -2.39. The number of halogens is 1. The summed E-state index contributed by atoms with van der Waals surface area (Å²) in [5, 5.41) is 0.416. The van der Waals surface area contributed by atoms with Crippen molar-refractivity contribution >= 4 is 27.3 Å². The Kier molecular flexibility index (Phi) is 5.74. The Bertz CT molecular complexity index is 1280. The highest BCUT2D eigenvalue weighted by atomic mass is 35.5. The predicted octanol–water partition coefficient (Wildman–Crippen LogP) is 5.08. The molecule has 0 N–H and O–H groups in total. The number of fused-ring (bicyclic) bond motifs is 1. The van der Waals surface area contributed by atoms with E-state index in [1.54, 1.807) is 30.3 Å². The molecule has 2 aromatic carbocycles. The molecule has 1 aromatic heterocycles. The smallest absolute Gasteiger partial charge is 0.236 e. The van der Waals surface area contributed by atoms with Gasteiger partial charge in [-0.2, -0.15) is 4.98 Å². The number of oxazole rings is 1. The molecular weight excluding hydrogens is 464 g/mol. The normalized spacial score (nSPS) is 20.6. The molecule has 5 rings (SSSR count). The highest BCUT2D eigenvalue weighted by molar-refractivity contribution is 7.91. The minimum Gasteiger partial charge on any atom is -0.486 e. The number of anilines is 1. The molecule has 3 aromatic rings. The third kappa shape index (κ3) is 4.29. The molecule has 2 atom stereocenters. The first-order valence-corrected chi connectivity index (χ1v) is 12.8. The zero-order chi connectivity index (χ0) is 23.2. The van der Waals surface area contributed by atoms with E-state index in [0.717, 1.165) is 6.42 Å². The minimum atomic E-state index is -4.00. The number of hydrogen-bond acceptors (Lipinski definition) is 7. The summed E-state index contributed by atoms with van der Waals surface area (Å²) >= 11 is 6.16. The molecule has 0 bridgehead atoms. The third-order valence-corrected chi connectivity index (χ3v) is 7.77. The van der Waals surface area contributed by atoms with Gasteiger partial charge in [0.05, 0.1) is 4.90 Å². The molecule has 1 saturated heterocycles.